The smallest absolute Gasteiger partial charge is 0.344 e. The fourth-order valence-electron chi connectivity index (χ4n) is 2.21. The fraction of sp³-hybridized carbons (Fsp3) is 0.923. The van der Waals surface area contributed by atoms with Gasteiger partial charge >= 0.3 is 6.18 Å². The van der Waals surface area contributed by atoms with Crippen LogP contribution < -0.4 is 5.32 Å². The molecule has 0 saturated carbocycles. The van der Waals surface area contributed by atoms with E-state index >= 15 is 0 Å². The Morgan fingerprint density at radius 1 is 1.21 bits per heavy atom. The molecule has 1 N–H and O–H groups in total. The summed E-state index contributed by atoms with van der Waals surface area (Å²) in [5.74, 6) is -0.485. The van der Waals surface area contributed by atoms with E-state index in [2.05, 4.69) is 24.1 Å². The van der Waals surface area contributed by atoms with E-state index < -0.39 is 23.5 Å². The van der Waals surface area contributed by atoms with Crippen LogP contribution in [0.25, 0.3) is 0 Å². The lowest BCUT2D eigenvalue weighted by Gasteiger charge is -2.40. The number of likely N-dealkylation sites (tertiary alicyclic amines) is 1. The number of alkyl halides is 3. The Morgan fingerprint density at radius 3 is 2.05 bits per heavy atom. The van der Waals surface area contributed by atoms with Crippen LogP contribution in [0.4, 0.5) is 13.2 Å². The molecule has 1 aliphatic heterocycles. The van der Waals surface area contributed by atoms with E-state index in [0.717, 1.165) is 20.0 Å². The minimum atomic E-state index is -4.38. The molecule has 0 radical (unpaired) electrons. The van der Waals surface area contributed by atoms with E-state index in [1.807, 2.05) is 0 Å². The molecule has 0 bridgehead atoms. The van der Waals surface area contributed by atoms with Gasteiger partial charge < -0.3 is 10.2 Å². The van der Waals surface area contributed by atoms with Crippen molar-refractivity contribution >= 4 is 5.91 Å². The average Bonchev–Trinajstić information content (AvgIpc) is 2.28. The standard InChI is InChI=1S/C13H23F3N2O/c1-9(2)18-7-5-12(4,6-8-18)11(19)17-10(3)13(14,15)16/h9-10H,5-8H2,1-4H3,(H,17,19). The number of hydrogen-bond acceptors (Lipinski definition) is 2. The van der Waals surface area contributed by atoms with Crippen molar-refractivity contribution in [1.82, 2.24) is 10.2 Å². The van der Waals surface area contributed by atoms with Gasteiger partial charge in [0.05, 0.1) is 0 Å². The summed E-state index contributed by atoms with van der Waals surface area (Å²) >= 11 is 0. The van der Waals surface area contributed by atoms with Crippen molar-refractivity contribution in [1.29, 1.82) is 0 Å². The normalized spacial score (nSPS) is 22.3. The zero-order valence-electron chi connectivity index (χ0n) is 12.0. The molecule has 112 valence electrons. The number of nitrogens with one attached hydrogen (secondary N) is 1. The molecule has 1 aliphatic rings. The number of amides is 1. The number of carbonyl (C=O) groups excluding carboxylic acids is 1. The molecule has 0 aromatic carbocycles. The van der Waals surface area contributed by atoms with Gasteiger partial charge in [-0.05, 0) is 46.7 Å². The molecule has 1 rings (SSSR count). The topological polar surface area (TPSA) is 32.3 Å². The van der Waals surface area contributed by atoms with Crippen molar-refractivity contribution in [2.45, 2.75) is 58.8 Å². The van der Waals surface area contributed by atoms with E-state index in [-0.39, 0.29) is 0 Å². The first kappa shape index (κ1) is 16.3. The molecule has 1 heterocycles. The predicted octanol–water partition coefficient (Wildman–Crippen LogP) is 2.56. The Hall–Kier alpha value is -0.780. The monoisotopic (exact) mass is 280 g/mol. The summed E-state index contributed by atoms with van der Waals surface area (Å²) in [5, 5.41) is 2.09. The van der Waals surface area contributed by atoms with Gasteiger partial charge in [-0.3, -0.25) is 4.79 Å². The first-order chi connectivity index (χ1) is 8.56. The lowest BCUT2D eigenvalue weighted by atomic mass is 9.79. The molecule has 0 aromatic heterocycles. The molecular formula is C13H23F3N2O. The molecule has 6 heteroatoms. The highest BCUT2D eigenvalue weighted by molar-refractivity contribution is 5.82. The quantitative estimate of drug-likeness (QED) is 0.861. The van der Waals surface area contributed by atoms with Crippen LogP contribution >= 0.6 is 0 Å². The van der Waals surface area contributed by atoms with Crippen molar-refractivity contribution < 1.29 is 18.0 Å². The second-order valence-electron chi connectivity index (χ2n) is 5.93. The summed E-state index contributed by atoms with van der Waals surface area (Å²) in [7, 11) is 0. The second-order valence-corrected chi connectivity index (χ2v) is 5.93. The number of nitrogens with zero attached hydrogens (tertiary/aromatic N) is 1. The Bertz CT molecular complexity index is 320. The third-order valence-electron chi connectivity index (χ3n) is 4.02. The molecule has 1 fully saturated rings. The summed E-state index contributed by atoms with van der Waals surface area (Å²) in [6, 6.07) is -1.39. The van der Waals surface area contributed by atoms with Crippen LogP contribution in [0.2, 0.25) is 0 Å². The van der Waals surface area contributed by atoms with Crippen molar-refractivity contribution in [3.05, 3.63) is 0 Å². The largest absolute Gasteiger partial charge is 0.408 e. The first-order valence-electron chi connectivity index (χ1n) is 6.68. The Labute approximate surface area is 112 Å². The number of carbonyl (C=O) groups is 1. The van der Waals surface area contributed by atoms with Gasteiger partial charge in [0.2, 0.25) is 5.91 Å². The maximum Gasteiger partial charge on any atom is 0.408 e. The number of piperidine rings is 1. The van der Waals surface area contributed by atoms with Crippen LogP contribution in [0.3, 0.4) is 0 Å². The van der Waals surface area contributed by atoms with Gasteiger partial charge in [0.15, 0.2) is 0 Å². The second kappa shape index (κ2) is 5.69. The highest BCUT2D eigenvalue weighted by atomic mass is 19.4. The molecule has 3 nitrogen and oxygen atoms in total. The lowest BCUT2D eigenvalue weighted by molar-refractivity contribution is -0.162. The van der Waals surface area contributed by atoms with Crippen molar-refractivity contribution in [3.8, 4) is 0 Å². The molecule has 0 spiro atoms. The van der Waals surface area contributed by atoms with Gasteiger partial charge in [-0.1, -0.05) is 6.92 Å². The average molecular weight is 280 g/mol. The Morgan fingerprint density at radius 2 is 1.68 bits per heavy atom. The zero-order valence-corrected chi connectivity index (χ0v) is 12.0. The summed E-state index contributed by atoms with van der Waals surface area (Å²) < 4.78 is 37.3. The molecule has 1 saturated heterocycles. The van der Waals surface area contributed by atoms with Gasteiger partial charge in [-0.25, -0.2) is 0 Å². The first-order valence-corrected chi connectivity index (χ1v) is 6.68. The Balaban J connectivity index is 2.58. The third-order valence-corrected chi connectivity index (χ3v) is 4.02. The zero-order chi connectivity index (χ0) is 14.8. The van der Waals surface area contributed by atoms with Crippen LogP contribution in [-0.4, -0.2) is 42.2 Å². The van der Waals surface area contributed by atoms with Gasteiger partial charge in [0, 0.05) is 11.5 Å². The van der Waals surface area contributed by atoms with Crippen LogP contribution in [-0.2, 0) is 4.79 Å². The van der Waals surface area contributed by atoms with Crippen LogP contribution in [0.1, 0.15) is 40.5 Å². The highest BCUT2D eigenvalue weighted by Gasteiger charge is 2.42. The maximum atomic E-state index is 12.4. The van der Waals surface area contributed by atoms with Gasteiger partial charge in [-0.2, -0.15) is 13.2 Å². The van der Waals surface area contributed by atoms with Gasteiger partial charge in [-0.15, -0.1) is 0 Å². The Kier molecular flexibility index (Phi) is 4.87. The molecule has 1 unspecified atom stereocenters. The number of halogens is 3. The van der Waals surface area contributed by atoms with E-state index in [1.54, 1.807) is 6.92 Å². The van der Waals surface area contributed by atoms with E-state index in [1.165, 1.54) is 0 Å². The van der Waals surface area contributed by atoms with Gasteiger partial charge in [0.25, 0.3) is 0 Å². The number of hydrogen-bond donors (Lipinski definition) is 1. The van der Waals surface area contributed by atoms with Crippen molar-refractivity contribution in [2.24, 2.45) is 5.41 Å². The predicted molar refractivity (Wildman–Crippen MR) is 67.7 cm³/mol. The summed E-state index contributed by atoms with van der Waals surface area (Å²) in [5.41, 5.74) is -0.690. The molecular weight excluding hydrogens is 257 g/mol. The molecule has 1 atom stereocenters. The molecule has 0 aromatic rings. The summed E-state index contributed by atoms with van der Waals surface area (Å²) in [6.07, 6.45) is -3.19. The summed E-state index contributed by atoms with van der Waals surface area (Å²) in [4.78, 5) is 14.3. The third kappa shape index (κ3) is 4.09. The van der Waals surface area contributed by atoms with E-state index in [4.69, 9.17) is 0 Å². The maximum absolute atomic E-state index is 12.4. The van der Waals surface area contributed by atoms with Crippen molar-refractivity contribution in [3.63, 3.8) is 0 Å². The van der Waals surface area contributed by atoms with Crippen LogP contribution in [0.15, 0.2) is 0 Å². The number of rotatable bonds is 3. The van der Waals surface area contributed by atoms with Crippen molar-refractivity contribution in [2.75, 3.05) is 13.1 Å². The molecule has 1 amide bonds. The molecule has 0 aliphatic carbocycles. The van der Waals surface area contributed by atoms with E-state index in [0.29, 0.717) is 18.9 Å². The van der Waals surface area contributed by atoms with E-state index in [9.17, 15) is 18.0 Å². The minimum absolute atomic E-state index is 0.404. The van der Waals surface area contributed by atoms with Gasteiger partial charge in [0.1, 0.15) is 6.04 Å². The fourth-order valence-corrected chi connectivity index (χ4v) is 2.21. The lowest BCUT2D eigenvalue weighted by Crippen LogP contribution is -2.53. The van der Waals surface area contributed by atoms with Crippen LogP contribution in [0, 0.1) is 5.41 Å². The minimum Gasteiger partial charge on any atom is -0.344 e. The SMILES string of the molecule is CC(C)N1CCC(C)(C(=O)NC(C)C(F)(F)F)CC1. The highest BCUT2D eigenvalue weighted by Crippen LogP contribution is 2.32. The molecule has 19 heavy (non-hydrogen) atoms. The summed E-state index contributed by atoms with van der Waals surface area (Å²) in [6.45, 7) is 8.39. The van der Waals surface area contributed by atoms with Crippen LogP contribution in [0.5, 0.6) is 0 Å².